The van der Waals surface area contributed by atoms with Crippen LogP contribution in [-0.2, 0) is 11.2 Å². The number of rotatable bonds is 7. The summed E-state index contributed by atoms with van der Waals surface area (Å²) in [6, 6.07) is 13.7. The molecule has 1 aliphatic rings. The Bertz CT molecular complexity index is 1230. The number of anilines is 1. The number of ether oxygens (including phenoxy) is 2. The van der Waals surface area contributed by atoms with E-state index in [0.717, 1.165) is 11.3 Å². The quantitative estimate of drug-likeness (QED) is 0.553. The van der Waals surface area contributed by atoms with Gasteiger partial charge in [-0.05, 0) is 31.0 Å². The lowest BCUT2D eigenvalue weighted by Gasteiger charge is -2.19. The molecule has 0 bridgehead atoms. The van der Waals surface area contributed by atoms with Gasteiger partial charge in [0.1, 0.15) is 11.5 Å². The second-order valence-corrected chi connectivity index (χ2v) is 7.68. The SMILES string of the molecule is CCC(C)Oc1c2c(c(OC)c3ccccc13)C(=O)N(c1ccc(CC(=O)O)cc1)C2=O. The number of hydrogen-bond donors (Lipinski definition) is 1. The van der Waals surface area contributed by atoms with Crippen molar-refractivity contribution in [2.24, 2.45) is 0 Å². The van der Waals surface area contributed by atoms with E-state index in [1.807, 2.05) is 38.1 Å². The lowest BCUT2D eigenvalue weighted by Crippen LogP contribution is -2.29. The molecule has 0 saturated carbocycles. The average molecular weight is 433 g/mol. The Hall–Kier alpha value is -3.87. The van der Waals surface area contributed by atoms with Crippen molar-refractivity contribution in [3.63, 3.8) is 0 Å². The Balaban J connectivity index is 1.90. The van der Waals surface area contributed by atoms with Crippen LogP contribution in [0.2, 0.25) is 0 Å². The topological polar surface area (TPSA) is 93.1 Å². The molecular formula is C25H23NO6. The molecule has 0 spiro atoms. The largest absolute Gasteiger partial charge is 0.495 e. The van der Waals surface area contributed by atoms with Crippen LogP contribution in [0.4, 0.5) is 5.69 Å². The molecule has 3 aromatic carbocycles. The molecule has 1 N–H and O–H groups in total. The molecule has 1 unspecified atom stereocenters. The second-order valence-electron chi connectivity index (χ2n) is 7.68. The van der Waals surface area contributed by atoms with Gasteiger partial charge in [-0.1, -0.05) is 43.3 Å². The normalized spacial score (nSPS) is 13.9. The number of aliphatic carboxylic acids is 1. The summed E-state index contributed by atoms with van der Waals surface area (Å²) in [5.74, 6) is -1.27. The van der Waals surface area contributed by atoms with Crippen LogP contribution in [0, 0.1) is 0 Å². The Kier molecular flexibility index (Phi) is 5.57. The van der Waals surface area contributed by atoms with Crippen molar-refractivity contribution in [2.45, 2.75) is 32.8 Å². The van der Waals surface area contributed by atoms with Gasteiger partial charge in [0.25, 0.3) is 11.8 Å². The minimum absolute atomic E-state index is 0.144. The molecule has 7 nitrogen and oxygen atoms in total. The van der Waals surface area contributed by atoms with Crippen LogP contribution < -0.4 is 14.4 Å². The number of carbonyl (C=O) groups is 3. The summed E-state index contributed by atoms with van der Waals surface area (Å²) in [4.78, 5) is 39.1. The van der Waals surface area contributed by atoms with E-state index < -0.39 is 17.8 Å². The van der Waals surface area contributed by atoms with Crippen molar-refractivity contribution < 1.29 is 29.0 Å². The van der Waals surface area contributed by atoms with E-state index >= 15 is 0 Å². The molecule has 164 valence electrons. The minimum atomic E-state index is -0.957. The molecule has 0 aromatic heterocycles. The maximum atomic E-state index is 13.5. The smallest absolute Gasteiger partial charge is 0.307 e. The number of amides is 2. The highest BCUT2D eigenvalue weighted by Gasteiger charge is 2.43. The summed E-state index contributed by atoms with van der Waals surface area (Å²) in [6.07, 6.45) is 0.420. The minimum Gasteiger partial charge on any atom is -0.495 e. The molecule has 1 atom stereocenters. The third-order valence-electron chi connectivity index (χ3n) is 5.60. The first-order valence-electron chi connectivity index (χ1n) is 10.4. The summed E-state index contributed by atoms with van der Waals surface area (Å²) in [5.41, 5.74) is 1.28. The summed E-state index contributed by atoms with van der Waals surface area (Å²) in [7, 11) is 1.47. The van der Waals surface area contributed by atoms with Gasteiger partial charge >= 0.3 is 5.97 Å². The van der Waals surface area contributed by atoms with Crippen molar-refractivity contribution >= 4 is 34.2 Å². The first kappa shape index (κ1) is 21.4. The fraction of sp³-hybridized carbons (Fsp3) is 0.240. The van der Waals surface area contributed by atoms with Gasteiger partial charge in [0, 0.05) is 10.8 Å². The predicted molar refractivity (Wildman–Crippen MR) is 120 cm³/mol. The number of carbonyl (C=O) groups excluding carboxylic acids is 2. The van der Waals surface area contributed by atoms with Crippen LogP contribution in [0.3, 0.4) is 0 Å². The third-order valence-corrected chi connectivity index (χ3v) is 5.60. The molecule has 0 radical (unpaired) electrons. The Morgan fingerprint density at radius 2 is 1.53 bits per heavy atom. The van der Waals surface area contributed by atoms with E-state index in [1.165, 1.54) is 7.11 Å². The number of benzene rings is 3. The number of imide groups is 1. The maximum absolute atomic E-state index is 13.5. The number of carboxylic acid groups (broad SMARTS) is 1. The molecule has 0 saturated heterocycles. The molecule has 1 heterocycles. The third kappa shape index (κ3) is 3.45. The van der Waals surface area contributed by atoms with Crippen molar-refractivity contribution in [3.05, 3.63) is 65.2 Å². The van der Waals surface area contributed by atoms with Gasteiger partial charge < -0.3 is 14.6 Å². The number of nitrogens with zero attached hydrogens (tertiary/aromatic N) is 1. The zero-order chi connectivity index (χ0) is 23.0. The van der Waals surface area contributed by atoms with E-state index in [9.17, 15) is 14.4 Å². The summed E-state index contributed by atoms with van der Waals surface area (Å²) < 4.78 is 11.8. The van der Waals surface area contributed by atoms with E-state index in [1.54, 1.807) is 24.3 Å². The molecule has 2 amide bonds. The van der Waals surface area contributed by atoms with Gasteiger partial charge in [0.05, 0.1) is 36.4 Å². The van der Waals surface area contributed by atoms with E-state index in [0.29, 0.717) is 33.5 Å². The predicted octanol–water partition coefficient (Wildman–Crippen LogP) is 4.45. The van der Waals surface area contributed by atoms with E-state index in [2.05, 4.69) is 0 Å². The van der Waals surface area contributed by atoms with Gasteiger partial charge in [-0.15, -0.1) is 0 Å². The fourth-order valence-corrected chi connectivity index (χ4v) is 3.89. The molecule has 3 aromatic rings. The zero-order valence-electron chi connectivity index (χ0n) is 18.0. The van der Waals surface area contributed by atoms with Crippen molar-refractivity contribution in [3.8, 4) is 11.5 Å². The molecule has 4 rings (SSSR count). The van der Waals surface area contributed by atoms with Crippen LogP contribution in [0.15, 0.2) is 48.5 Å². The van der Waals surface area contributed by atoms with Crippen LogP contribution >= 0.6 is 0 Å². The monoisotopic (exact) mass is 433 g/mol. The second kappa shape index (κ2) is 8.34. The van der Waals surface area contributed by atoms with Gasteiger partial charge in [0.2, 0.25) is 0 Å². The molecule has 1 aliphatic heterocycles. The van der Waals surface area contributed by atoms with Crippen molar-refractivity contribution in [1.82, 2.24) is 0 Å². The standard InChI is InChI=1S/C25H23NO6/c1-4-14(2)32-23-18-8-6-5-7-17(18)22(31-3)20-21(23)25(30)26(24(20)29)16-11-9-15(10-12-16)13-19(27)28/h5-12,14H,4,13H2,1-3H3,(H,27,28). The average Bonchev–Trinajstić information content (AvgIpc) is 3.04. The number of methoxy groups -OCH3 is 1. The first-order valence-corrected chi connectivity index (χ1v) is 10.4. The summed E-state index contributed by atoms with van der Waals surface area (Å²) >= 11 is 0. The van der Waals surface area contributed by atoms with Gasteiger partial charge in [0.15, 0.2) is 0 Å². The van der Waals surface area contributed by atoms with Crippen LogP contribution in [-0.4, -0.2) is 36.1 Å². The van der Waals surface area contributed by atoms with Crippen molar-refractivity contribution in [1.29, 1.82) is 0 Å². The fourth-order valence-electron chi connectivity index (χ4n) is 3.89. The maximum Gasteiger partial charge on any atom is 0.307 e. The molecule has 0 fully saturated rings. The van der Waals surface area contributed by atoms with Gasteiger partial charge in [-0.2, -0.15) is 0 Å². The number of carboxylic acids is 1. The molecule has 32 heavy (non-hydrogen) atoms. The van der Waals surface area contributed by atoms with E-state index in [-0.39, 0.29) is 23.7 Å². The van der Waals surface area contributed by atoms with Crippen LogP contribution in [0.1, 0.15) is 46.5 Å². The highest BCUT2D eigenvalue weighted by atomic mass is 16.5. The highest BCUT2D eigenvalue weighted by molar-refractivity contribution is 6.38. The molecule has 0 aliphatic carbocycles. The van der Waals surface area contributed by atoms with E-state index in [4.69, 9.17) is 14.6 Å². The van der Waals surface area contributed by atoms with Crippen molar-refractivity contribution in [2.75, 3.05) is 12.0 Å². The Labute approximate surface area is 185 Å². The zero-order valence-corrected chi connectivity index (χ0v) is 18.0. The first-order chi connectivity index (χ1) is 15.4. The highest BCUT2D eigenvalue weighted by Crippen LogP contribution is 2.46. The number of hydrogen-bond acceptors (Lipinski definition) is 5. The Morgan fingerprint density at radius 1 is 0.969 bits per heavy atom. The van der Waals surface area contributed by atoms with Gasteiger partial charge in [-0.3, -0.25) is 14.4 Å². The lowest BCUT2D eigenvalue weighted by atomic mass is 9.98. The molecular weight excluding hydrogens is 410 g/mol. The molecule has 7 heteroatoms. The summed E-state index contributed by atoms with van der Waals surface area (Å²) in [6.45, 7) is 3.89. The van der Waals surface area contributed by atoms with Gasteiger partial charge in [-0.25, -0.2) is 4.90 Å². The Morgan fingerprint density at radius 3 is 2.06 bits per heavy atom. The number of fused-ring (bicyclic) bond motifs is 2. The lowest BCUT2D eigenvalue weighted by molar-refractivity contribution is -0.136. The van der Waals surface area contributed by atoms with Crippen LogP contribution in [0.25, 0.3) is 10.8 Å². The van der Waals surface area contributed by atoms with Crippen LogP contribution in [0.5, 0.6) is 11.5 Å². The summed E-state index contributed by atoms with van der Waals surface area (Å²) in [5, 5.41) is 10.4.